The van der Waals surface area contributed by atoms with Gasteiger partial charge in [-0.2, -0.15) is 11.8 Å². The van der Waals surface area contributed by atoms with Crippen molar-refractivity contribution < 1.29 is 0 Å². The largest absolute Gasteiger partial charge is 0.313 e. The Bertz CT molecular complexity index is 351. The SMILES string of the molecule is CCSCCCNCc1ccccc1CN(CC)CC. The molecule has 0 aliphatic heterocycles. The molecule has 0 saturated heterocycles. The lowest BCUT2D eigenvalue weighted by Crippen LogP contribution is -2.24. The number of benzene rings is 1. The average Bonchev–Trinajstić information content (AvgIpc) is 2.49. The smallest absolute Gasteiger partial charge is 0.0236 e. The molecule has 20 heavy (non-hydrogen) atoms. The van der Waals surface area contributed by atoms with Crippen LogP contribution in [0.5, 0.6) is 0 Å². The Hall–Kier alpha value is -0.510. The number of hydrogen-bond donors (Lipinski definition) is 1. The molecule has 0 fully saturated rings. The second kappa shape index (κ2) is 11.2. The summed E-state index contributed by atoms with van der Waals surface area (Å²) in [6.07, 6.45) is 1.26. The van der Waals surface area contributed by atoms with Gasteiger partial charge in [-0.05, 0) is 48.7 Å². The molecule has 0 heterocycles. The molecule has 3 heteroatoms. The van der Waals surface area contributed by atoms with Gasteiger partial charge in [-0.1, -0.05) is 45.0 Å². The quantitative estimate of drug-likeness (QED) is 0.626. The van der Waals surface area contributed by atoms with Crippen LogP contribution in [-0.4, -0.2) is 36.0 Å². The highest BCUT2D eigenvalue weighted by Crippen LogP contribution is 2.11. The zero-order valence-electron chi connectivity index (χ0n) is 13.3. The first kappa shape index (κ1) is 17.5. The van der Waals surface area contributed by atoms with Crippen molar-refractivity contribution in [3.05, 3.63) is 35.4 Å². The van der Waals surface area contributed by atoms with Crippen molar-refractivity contribution in [2.45, 2.75) is 40.3 Å². The second-order valence-corrected chi connectivity index (χ2v) is 6.35. The van der Waals surface area contributed by atoms with Gasteiger partial charge in [0.2, 0.25) is 0 Å². The third-order valence-electron chi connectivity index (χ3n) is 3.57. The Morgan fingerprint density at radius 2 is 1.75 bits per heavy atom. The molecular weight excluding hydrogens is 264 g/mol. The molecule has 0 aliphatic rings. The Morgan fingerprint density at radius 1 is 1.05 bits per heavy atom. The molecule has 0 atom stereocenters. The van der Waals surface area contributed by atoms with Crippen LogP contribution < -0.4 is 5.32 Å². The normalized spacial score (nSPS) is 11.2. The van der Waals surface area contributed by atoms with Crippen LogP contribution in [0.3, 0.4) is 0 Å². The zero-order valence-corrected chi connectivity index (χ0v) is 14.1. The van der Waals surface area contributed by atoms with Gasteiger partial charge in [0.1, 0.15) is 0 Å². The molecule has 1 aromatic rings. The minimum absolute atomic E-state index is 0.994. The highest BCUT2D eigenvalue weighted by atomic mass is 32.2. The van der Waals surface area contributed by atoms with E-state index in [1.54, 1.807) is 0 Å². The number of rotatable bonds is 11. The van der Waals surface area contributed by atoms with Crippen LogP contribution in [0.4, 0.5) is 0 Å². The number of hydrogen-bond acceptors (Lipinski definition) is 3. The van der Waals surface area contributed by atoms with E-state index in [9.17, 15) is 0 Å². The van der Waals surface area contributed by atoms with E-state index >= 15 is 0 Å². The van der Waals surface area contributed by atoms with Crippen LogP contribution in [-0.2, 0) is 13.1 Å². The molecule has 0 amide bonds. The Balaban J connectivity index is 2.40. The van der Waals surface area contributed by atoms with Crippen LogP contribution in [0.1, 0.15) is 38.3 Å². The molecule has 0 aromatic heterocycles. The summed E-state index contributed by atoms with van der Waals surface area (Å²) >= 11 is 2.03. The molecule has 0 bridgehead atoms. The molecule has 2 nitrogen and oxygen atoms in total. The Morgan fingerprint density at radius 3 is 2.40 bits per heavy atom. The topological polar surface area (TPSA) is 15.3 Å². The van der Waals surface area contributed by atoms with Crippen molar-refractivity contribution in [1.82, 2.24) is 10.2 Å². The van der Waals surface area contributed by atoms with Gasteiger partial charge in [0.25, 0.3) is 0 Å². The second-order valence-electron chi connectivity index (χ2n) is 4.96. The molecule has 1 N–H and O–H groups in total. The van der Waals surface area contributed by atoms with Gasteiger partial charge in [-0.3, -0.25) is 4.90 Å². The Kier molecular flexibility index (Phi) is 9.81. The van der Waals surface area contributed by atoms with Crippen molar-refractivity contribution >= 4 is 11.8 Å². The zero-order chi connectivity index (χ0) is 14.6. The summed E-state index contributed by atoms with van der Waals surface area (Å²) in [5, 5.41) is 3.58. The van der Waals surface area contributed by atoms with Crippen LogP contribution in [0.25, 0.3) is 0 Å². The van der Waals surface area contributed by atoms with Crippen LogP contribution >= 0.6 is 11.8 Å². The summed E-state index contributed by atoms with van der Waals surface area (Å²) in [5.41, 5.74) is 2.91. The van der Waals surface area contributed by atoms with Gasteiger partial charge in [0.05, 0.1) is 0 Å². The fourth-order valence-electron chi connectivity index (χ4n) is 2.24. The molecule has 0 radical (unpaired) electrons. The predicted octanol–water partition coefficient (Wildman–Crippen LogP) is 3.76. The molecule has 1 rings (SSSR count). The maximum Gasteiger partial charge on any atom is 0.0236 e. The van der Waals surface area contributed by atoms with Gasteiger partial charge in [-0.25, -0.2) is 0 Å². The average molecular weight is 295 g/mol. The summed E-state index contributed by atoms with van der Waals surface area (Å²) < 4.78 is 0. The third kappa shape index (κ3) is 6.78. The molecule has 0 unspecified atom stereocenters. The van der Waals surface area contributed by atoms with Gasteiger partial charge in [0, 0.05) is 13.1 Å². The predicted molar refractivity (Wildman–Crippen MR) is 92.4 cm³/mol. The summed E-state index contributed by atoms with van der Waals surface area (Å²) in [5.74, 6) is 2.50. The molecular formula is C17H30N2S. The highest BCUT2D eigenvalue weighted by molar-refractivity contribution is 7.99. The van der Waals surface area contributed by atoms with Crippen LogP contribution in [0.15, 0.2) is 24.3 Å². The summed E-state index contributed by atoms with van der Waals surface area (Å²) in [7, 11) is 0. The minimum atomic E-state index is 0.994. The molecule has 1 aromatic carbocycles. The van der Waals surface area contributed by atoms with E-state index in [2.05, 4.69) is 55.3 Å². The summed E-state index contributed by atoms with van der Waals surface area (Å²) in [4.78, 5) is 2.47. The van der Waals surface area contributed by atoms with E-state index in [0.29, 0.717) is 0 Å². The van der Waals surface area contributed by atoms with Crippen molar-refractivity contribution in [2.24, 2.45) is 0 Å². The van der Waals surface area contributed by atoms with Crippen molar-refractivity contribution in [2.75, 3.05) is 31.1 Å². The number of nitrogens with zero attached hydrogens (tertiary/aromatic N) is 1. The minimum Gasteiger partial charge on any atom is -0.313 e. The monoisotopic (exact) mass is 294 g/mol. The van der Waals surface area contributed by atoms with Crippen LogP contribution in [0, 0.1) is 0 Å². The van der Waals surface area contributed by atoms with E-state index in [-0.39, 0.29) is 0 Å². The van der Waals surface area contributed by atoms with Crippen molar-refractivity contribution in [1.29, 1.82) is 0 Å². The van der Waals surface area contributed by atoms with Gasteiger partial charge in [-0.15, -0.1) is 0 Å². The highest BCUT2D eigenvalue weighted by Gasteiger charge is 2.05. The maximum absolute atomic E-state index is 3.58. The van der Waals surface area contributed by atoms with E-state index in [1.807, 2.05) is 11.8 Å². The molecule has 0 spiro atoms. The molecule has 114 valence electrons. The summed E-state index contributed by atoms with van der Waals surface area (Å²) in [6, 6.07) is 8.82. The van der Waals surface area contributed by atoms with Gasteiger partial charge >= 0.3 is 0 Å². The fraction of sp³-hybridized carbons (Fsp3) is 0.647. The van der Waals surface area contributed by atoms with E-state index < -0.39 is 0 Å². The van der Waals surface area contributed by atoms with Gasteiger partial charge in [0.15, 0.2) is 0 Å². The van der Waals surface area contributed by atoms with E-state index in [0.717, 1.165) is 32.7 Å². The first-order chi connectivity index (χ1) is 9.81. The first-order valence-corrected chi connectivity index (χ1v) is 9.04. The molecule has 0 saturated carbocycles. The van der Waals surface area contributed by atoms with Crippen LogP contribution in [0.2, 0.25) is 0 Å². The molecule has 0 aliphatic carbocycles. The van der Waals surface area contributed by atoms with E-state index in [1.165, 1.54) is 29.1 Å². The lowest BCUT2D eigenvalue weighted by molar-refractivity contribution is 0.295. The summed E-state index contributed by atoms with van der Waals surface area (Å²) in [6.45, 7) is 12.1. The van der Waals surface area contributed by atoms with Crippen molar-refractivity contribution in [3.8, 4) is 0 Å². The van der Waals surface area contributed by atoms with E-state index in [4.69, 9.17) is 0 Å². The Labute approximate surface area is 129 Å². The maximum atomic E-state index is 3.58. The lowest BCUT2D eigenvalue weighted by Gasteiger charge is -2.20. The first-order valence-electron chi connectivity index (χ1n) is 7.89. The number of thioether (sulfide) groups is 1. The lowest BCUT2D eigenvalue weighted by atomic mass is 10.1. The standard InChI is InChI=1S/C17H30N2S/c1-4-19(5-2)15-17-11-8-7-10-16(17)14-18-12-9-13-20-6-3/h7-8,10-11,18H,4-6,9,12-15H2,1-3H3. The van der Waals surface area contributed by atoms with Crippen molar-refractivity contribution in [3.63, 3.8) is 0 Å². The van der Waals surface area contributed by atoms with Gasteiger partial charge < -0.3 is 5.32 Å². The number of nitrogens with one attached hydrogen (secondary N) is 1. The fourth-order valence-corrected chi connectivity index (χ4v) is 2.88. The third-order valence-corrected chi connectivity index (χ3v) is 4.55.